The third-order valence-corrected chi connectivity index (χ3v) is 3.98. The summed E-state index contributed by atoms with van der Waals surface area (Å²) >= 11 is 0. The van der Waals surface area contributed by atoms with Crippen molar-refractivity contribution in [2.75, 3.05) is 6.26 Å². The summed E-state index contributed by atoms with van der Waals surface area (Å²) in [5, 5.41) is 8.91. The van der Waals surface area contributed by atoms with E-state index in [1.54, 1.807) is 0 Å². The smallest absolute Gasteiger partial charge is 0.154 e. The largest absolute Gasteiger partial charge is 0.376 e. The third kappa shape index (κ3) is 1.47. The van der Waals surface area contributed by atoms with Gasteiger partial charge in [-0.2, -0.15) is 0 Å². The van der Waals surface area contributed by atoms with Crippen LogP contribution < -0.4 is 0 Å². The second kappa shape index (κ2) is 2.75. The molecule has 0 bridgehead atoms. The van der Waals surface area contributed by atoms with Crippen LogP contribution in [0.15, 0.2) is 0 Å². The molecule has 1 rings (SSSR count). The zero-order chi connectivity index (χ0) is 9.41. The second-order valence-electron chi connectivity index (χ2n) is 3.28. The minimum absolute atomic E-state index is 0.390. The number of hydrogen-bond donors (Lipinski definition) is 1. The molecule has 0 spiro atoms. The molecule has 1 aliphatic carbocycles. The first-order chi connectivity index (χ1) is 5.40. The average Bonchev–Trinajstić information content (AvgIpc) is 2.31. The fourth-order valence-electron chi connectivity index (χ4n) is 1.69. The van der Waals surface area contributed by atoms with Crippen LogP contribution >= 0.6 is 0 Å². The molecule has 2 unspecified atom stereocenters. The van der Waals surface area contributed by atoms with Crippen molar-refractivity contribution in [3.8, 4) is 12.3 Å². The molecule has 0 aromatic rings. The number of sulfone groups is 1. The summed E-state index contributed by atoms with van der Waals surface area (Å²) in [5.41, 5.74) is -1.42. The van der Waals surface area contributed by atoms with Crippen molar-refractivity contribution in [3.05, 3.63) is 0 Å². The molecule has 0 saturated heterocycles. The third-order valence-electron chi connectivity index (χ3n) is 2.32. The van der Waals surface area contributed by atoms with E-state index in [0.29, 0.717) is 19.3 Å². The summed E-state index contributed by atoms with van der Waals surface area (Å²) in [6.07, 6.45) is 7.75. The Balaban J connectivity index is 3.02. The number of hydrogen-bond acceptors (Lipinski definition) is 3. The highest BCUT2D eigenvalue weighted by molar-refractivity contribution is 7.91. The summed E-state index contributed by atoms with van der Waals surface area (Å²) < 4.78 is 22.3. The van der Waals surface area contributed by atoms with Crippen molar-refractivity contribution in [3.63, 3.8) is 0 Å². The van der Waals surface area contributed by atoms with Crippen molar-refractivity contribution in [2.24, 2.45) is 0 Å². The number of rotatable bonds is 1. The molecule has 4 heteroatoms. The standard InChI is InChI=1S/C8H12O3S/c1-3-8(9)6-4-5-7(8)12(2,10)11/h1,7,9H,4-6H2,2H3. The summed E-state index contributed by atoms with van der Waals surface area (Å²) in [7, 11) is -3.21. The fraction of sp³-hybridized carbons (Fsp3) is 0.750. The van der Waals surface area contributed by atoms with Gasteiger partial charge in [0.15, 0.2) is 9.84 Å². The molecule has 0 amide bonds. The molecule has 12 heavy (non-hydrogen) atoms. The summed E-state index contributed by atoms with van der Waals surface area (Å²) in [4.78, 5) is 0. The Bertz CT molecular complexity index is 312. The minimum atomic E-state index is -3.21. The molecule has 1 fully saturated rings. The first-order valence-corrected chi connectivity index (χ1v) is 5.74. The van der Waals surface area contributed by atoms with Gasteiger partial charge >= 0.3 is 0 Å². The van der Waals surface area contributed by atoms with Gasteiger partial charge in [-0.05, 0) is 19.3 Å². The summed E-state index contributed by atoms with van der Waals surface area (Å²) in [5.74, 6) is 2.17. The zero-order valence-corrected chi connectivity index (χ0v) is 7.76. The lowest BCUT2D eigenvalue weighted by Gasteiger charge is -2.22. The van der Waals surface area contributed by atoms with E-state index in [0.717, 1.165) is 6.26 Å². The quantitative estimate of drug-likeness (QED) is 0.587. The molecule has 0 aromatic heterocycles. The lowest BCUT2D eigenvalue weighted by molar-refractivity contribution is 0.113. The van der Waals surface area contributed by atoms with Crippen LogP contribution in [0.1, 0.15) is 19.3 Å². The molecule has 1 N–H and O–H groups in total. The Kier molecular flexibility index (Phi) is 2.19. The van der Waals surface area contributed by atoms with Crippen LogP contribution in [0.5, 0.6) is 0 Å². The maximum atomic E-state index is 11.2. The molecule has 0 aromatic carbocycles. The van der Waals surface area contributed by atoms with Crippen LogP contribution in [-0.2, 0) is 9.84 Å². The Morgan fingerprint density at radius 3 is 2.58 bits per heavy atom. The Morgan fingerprint density at radius 1 is 1.67 bits per heavy atom. The lowest BCUT2D eigenvalue weighted by Crippen LogP contribution is -2.40. The van der Waals surface area contributed by atoms with Crippen LogP contribution in [0, 0.1) is 12.3 Å². The highest BCUT2D eigenvalue weighted by atomic mass is 32.2. The van der Waals surface area contributed by atoms with Crippen LogP contribution in [0.25, 0.3) is 0 Å². The molecule has 68 valence electrons. The van der Waals surface area contributed by atoms with E-state index in [1.807, 2.05) is 0 Å². The van der Waals surface area contributed by atoms with Gasteiger partial charge in [0.05, 0.1) is 0 Å². The Hall–Kier alpha value is -0.530. The van der Waals surface area contributed by atoms with Gasteiger partial charge in [0.1, 0.15) is 10.9 Å². The molecule has 1 saturated carbocycles. The van der Waals surface area contributed by atoms with Crippen molar-refractivity contribution in [2.45, 2.75) is 30.1 Å². The minimum Gasteiger partial charge on any atom is -0.376 e. The fourth-order valence-corrected chi connectivity index (χ4v) is 3.18. The van der Waals surface area contributed by atoms with E-state index in [9.17, 15) is 13.5 Å². The summed E-state index contributed by atoms with van der Waals surface area (Å²) in [6, 6.07) is 0. The SMILES string of the molecule is C#CC1(O)CCCC1S(C)(=O)=O. The van der Waals surface area contributed by atoms with E-state index in [2.05, 4.69) is 5.92 Å². The first kappa shape index (κ1) is 9.56. The average molecular weight is 188 g/mol. The second-order valence-corrected chi connectivity index (χ2v) is 5.51. The molecule has 3 nitrogen and oxygen atoms in total. The van der Waals surface area contributed by atoms with Crippen LogP contribution in [0.2, 0.25) is 0 Å². The molecule has 0 radical (unpaired) electrons. The maximum absolute atomic E-state index is 11.2. The molecule has 2 atom stereocenters. The molecule has 1 aliphatic rings. The van der Waals surface area contributed by atoms with Gasteiger partial charge in [0, 0.05) is 6.26 Å². The van der Waals surface area contributed by atoms with Crippen molar-refractivity contribution in [1.29, 1.82) is 0 Å². The van der Waals surface area contributed by atoms with Gasteiger partial charge in [0.25, 0.3) is 0 Å². The van der Waals surface area contributed by atoms with Crippen molar-refractivity contribution < 1.29 is 13.5 Å². The van der Waals surface area contributed by atoms with Crippen molar-refractivity contribution in [1.82, 2.24) is 0 Å². The molecular formula is C8H12O3S. The maximum Gasteiger partial charge on any atom is 0.154 e. The van der Waals surface area contributed by atoms with Crippen molar-refractivity contribution >= 4 is 9.84 Å². The van der Waals surface area contributed by atoms with Gasteiger partial charge < -0.3 is 5.11 Å². The summed E-state index contributed by atoms with van der Waals surface area (Å²) in [6.45, 7) is 0. The van der Waals surface area contributed by atoms with Crippen LogP contribution in [-0.4, -0.2) is 30.6 Å². The monoisotopic (exact) mass is 188 g/mol. The number of terminal acetylenes is 1. The number of aliphatic hydroxyl groups is 1. The van der Waals surface area contributed by atoms with E-state index in [4.69, 9.17) is 6.42 Å². The highest BCUT2D eigenvalue weighted by Crippen LogP contribution is 2.33. The van der Waals surface area contributed by atoms with E-state index in [-0.39, 0.29) is 0 Å². The van der Waals surface area contributed by atoms with Crippen LogP contribution in [0.4, 0.5) is 0 Å². The molecular weight excluding hydrogens is 176 g/mol. The first-order valence-electron chi connectivity index (χ1n) is 3.79. The van der Waals surface area contributed by atoms with E-state index >= 15 is 0 Å². The van der Waals surface area contributed by atoms with Gasteiger partial charge in [0.2, 0.25) is 0 Å². The predicted octanol–water partition coefficient (Wildman–Crippen LogP) is -0.0522. The van der Waals surface area contributed by atoms with Gasteiger partial charge in [-0.1, -0.05) is 5.92 Å². The van der Waals surface area contributed by atoms with Gasteiger partial charge in [-0.15, -0.1) is 6.42 Å². The van der Waals surface area contributed by atoms with E-state index in [1.165, 1.54) is 0 Å². The predicted molar refractivity (Wildman–Crippen MR) is 46.3 cm³/mol. The Morgan fingerprint density at radius 2 is 2.25 bits per heavy atom. The molecule has 0 heterocycles. The zero-order valence-electron chi connectivity index (χ0n) is 6.95. The highest BCUT2D eigenvalue weighted by Gasteiger charge is 2.45. The Labute approximate surface area is 72.7 Å². The van der Waals surface area contributed by atoms with Gasteiger partial charge in [-0.3, -0.25) is 0 Å². The lowest BCUT2D eigenvalue weighted by atomic mass is 10.0. The molecule has 0 aliphatic heterocycles. The van der Waals surface area contributed by atoms with E-state index < -0.39 is 20.7 Å². The van der Waals surface area contributed by atoms with Gasteiger partial charge in [-0.25, -0.2) is 8.42 Å². The topological polar surface area (TPSA) is 54.4 Å². The normalized spacial score (nSPS) is 36.2. The van der Waals surface area contributed by atoms with Crippen LogP contribution in [0.3, 0.4) is 0 Å².